The van der Waals surface area contributed by atoms with E-state index >= 15 is 0 Å². The molecule has 4 nitrogen and oxygen atoms in total. The molecule has 0 rings (SSSR count). The summed E-state index contributed by atoms with van der Waals surface area (Å²) in [6.07, 6.45) is 0.505. The number of carbonyl (C=O) groups excluding carboxylic acids is 1. The van der Waals surface area contributed by atoms with E-state index in [2.05, 4.69) is 19.2 Å². The predicted octanol–water partition coefficient (Wildman–Crippen LogP) is 0.818. The first kappa shape index (κ1) is 15.4. The van der Waals surface area contributed by atoms with E-state index < -0.39 is 0 Å². The van der Waals surface area contributed by atoms with Gasteiger partial charge < -0.3 is 16.0 Å². The average Bonchev–Trinajstić information content (AvgIpc) is 2.25. The summed E-state index contributed by atoms with van der Waals surface area (Å²) in [6.45, 7) is 11.3. The molecule has 96 valence electrons. The van der Waals surface area contributed by atoms with Gasteiger partial charge in [-0.05, 0) is 26.3 Å². The number of hydrogen-bond donors (Lipinski definition) is 2. The van der Waals surface area contributed by atoms with Crippen LogP contribution >= 0.6 is 0 Å². The van der Waals surface area contributed by atoms with E-state index in [0.717, 1.165) is 19.6 Å². The number of nitrogens with one attached hydrogen (secondary N) is 1. The maximum Gasteiger partial charge on any atom is 0.224 e. The van der Waals surface area contributed by atoms with Crippen molar-refractivity contribution in [1.82, 2.24) is 10.2 Å². The second-order valence-corrected chi connectivity index (χ2v) is 4.50. The minimum absolute atomic E-state index is 0.107. The van der Waals surface area contributed by atoms with Crippen LogP contribution in [0, 0.1) is 5.92 Å². The maximum atomic E-state index is 11.8. The van der Waals surface area contributed by atoms with Crippen molar-refractivity contribution in [2.24, 2.45) is 11.7 Å². The molecule has 1 amide bonds. The van der Waals surface area contributed by atoms with E-state index in [9.17, 15) is 4.79 Å². The Bertz CT molecular complexity index is 191. The van der Waals surface area contributed by atoms with Crippen LogP contribution in [0.3, 0.4) is 0 Å². The fraction of sp³-hybridized carbons (Fsp3) is 0.917. The molecule has 4 heteroatoms. The van der Waals surface area contributed by atoms with Crippen LogP contribution in [-0.2, 0) is 4.79 Å². The van der Waals surface area contributed by atoms with Crippen LogP contribution in [-0.4, -0.2) is 43.0 Å². The Morgan fingerprint density at radius 2 is 1.88 bits per heavy atom. The van der Waals surface area contributed by atoms with Gasteiger partial charge in [0.25, 0.3) is 0 Å². The number of hydrogen-bond acceptors (Lipinski definition) is 3. The highest BCUT2D eigenvalue weighted by molar-refractivity contribution is 5.76. The summed E-state index contributed by atoms with van der Waals surface area (Å²) in [4.78, 5) is 13.7. The quantitative estimate of drug-likeness (QED) is 0.648. The van der Waals surface area contributed by atoms with Crippen molar-refractivity contribution in [3.05, 3.63) is 0 Å². The van der Waals surface area contributed by atoms with Crippen LogP contribution in [0.4, 0.5) is 0 Å². The number of amides is 1. The summed E-state index contributed by atoms with van der Waals surface area (Å²) in [5.74, 6) is 0.773. The Hall–Kier alpha value is -0.610. The first-order chi connectivity index (χ1) is 7.54. The van der Waals surface area contributed by atoms with E-state index in [1.54, 1.807) is 0 Å². The fourth-order valence-electron chi connectivity index (χ4n) is 1.56. The lowest BCUT2D eigenvalue weighted by atomic mass is 10.1. The normalized spacial score (nSPS) is 12.9. The summed E-state index contributed by atoms with van der Waals surface area (Å²) in [5, 5.41) is 3.33. The third-order valence-corrected chi connectivity index (χ3v) is 2.64. The molecule has 0 radical (unpaired) electrons. The molecule has 1 atom stereocenters. The largest absolute Gasteiger partial charge is 0.343 e. The number of rotatable bonds is 8. The van der Waals surface area contributed by atoms with E-state index in [4.69, 9.17) is 5.73 Å². The molecule has 0 heterocycles. The number of nitrogens with two attached hydrogens (primary N) is 1. The van der Waals surface area contributed by atoms with Gasteiger partial charge in [-0.15, -0.1) is 0 Å². The lowest BCUT2D eigenvalue weighted by molar-refractivity contribution is -0.131. The third-order valence-electron chi connectivity index (χ3n) is 2.64. The molecule has 3 N–H and O–H groups in total. The Balaban J connectivity index is 4.05. The van der Waals surface area contributed by atoms with Gasteiger partial charge in [0.05, 0.1) is 0 Å². The van der Waals surface area contributed by atoms with Gasteiger partial charge in [-0.25, -0.2) is 0 Å². The lowest BCUT2D eigenvalue weighted by Gasteiger charge is -2.23. The number of carbonyl (C=O) groups is 1. The molecule has 0 aliphatic heterocycles. The van der Waals surface area contributed by atoms with Crippen LogP contribution in [0.1, 0.15) is 34.1 Å². The van der Waals surface area contributed by atoms with Crippen LogP contribution in [0.15, 0.2) is 0 Å². The first-order valence-corrected chi connectivity index (χ1v) is 6.26. The average molecular weight is 229 g/mol. The zero-order valence-corrected chi connectivity index (χ0v) is 11.1. The van der Waals surface area contributed by atoms with Gasteiger partial charge in [0, 0.05) is 32.1 Å². The monoisotopic (exact) mass is 229 g/mol. The Morgan fingerprint density at radius 1 is 1.31 bits per heavy atom. The number of nitrogens with zero attached hydrogens (tertiary/aromatic N) is 1. The van der Waals surface area contributed by atoms with Crippen molar-refractivity contribution in [3.63, 3.8) is 0 Å². The van der Waals surface area contributed by atoms with Gasteiger partial charge in [0.15, 0.2) is 0 Å². The highest BCUT2D eigenvalue weighted by Gasteiger charge is 2.15. The summed E-state index contributed by atoms with van der Waals surface area (Å²) < 4.78 is 0. The molecule has 0 aromatic heterocycles. The summed E-state index contributed by atoms with van der Waals surface area (Å²) in [7, 11) is 0. The van der Waals surface area contributed by atoms with Crippen LogP contribution in [0.25, 0.3) is 0 Å². The molecule has 0 saturated carbocycles. The van der Waals surface area contributed by atoms with Crippen LogP contribution < -0.4 is 11.1 Å². The van der Waals surface area contributed by atoms with E-state index in [-0.39, 0.29) is 11.9 Å². The molecule has 0 bridgehead atoms. The van der Waals surface area contributed by atoms with Crippen molar-refractivity contribution in [2.75, 3.05) is 26.2 Å². The zero-order valence-electron chi connectivity index (χ0n) is 11.1. The van der Waals surface area contributed by atoms with Gasteiger partial charge in [-0.3, -0.25) is 4.79 Å². The molecule has 0 saturated heterocycles. The highest BCUT2D eigenvalue weighted by Crippen LogP contribution is 1.99. The molecule has 16 heavy (non-hydrogen) atoms. The van der Waals surface area contributed by atoms with Gasteiger partial charge in [0.1, 0.15) is 0 Å². The van der Waals surface area contributed by atoms with Crippen LogP contribution in [0.5, 0.6) is 0 Å². The maximum absolute atomic E-state index is 11.8. The molecule has 0 aromatic carbocycles. The van der Waals surface area contributed by atoms with Crippen LogP contribution in [0.2, 0.25) is 0 Å². The van der Waals surface area contributed by atoms with Gasteiger partial charge in [-0.1, -0.05) is 13.8 Å². The molecule has 0 aliphatic carbocycles. The minimum atomic E-state index is 0.107. The van der Waals surface area contributed by atoms with Crippen molar-refractivity contribution in [2.45, 2.75) is 40.2 Å². The minimum Gasteiger partial charge on any atom is -0.343 e. The topological polar surface area (TPSA) is 58.4 Å². The fourth-order valence-corrected chi connectivity index (χ4v) is 1.56. The molecule has 0 aromatic rings. The summed E-state index contributed by atoms with van der Waals surface area (Å²) in [6, 6.07) is 0.107. The summed E-state index contributed by atoms with van der Waals surface area (Å²) >= 11 is 0. The summed E-state index contributed by atoms with van der Waals surface area (Å²) in [5.41, 5.74) is 5.66. The van der Waals surface area contributed by atoms with Gasteiger partial charge in [0.2, 0.25) is 5.91 Å². The molecule has 0 aliphatic rings. The SMILES string of the molecule is CCN(CC)C(=O)CC(CN)NCC(C)C. The Morgan fingerprint density at radius 3 is 2.25 bits per heavy atom. The van der Waals surface area contributed by atoms with Crippen molar-refractivity contribution >= 4 is 5.91 Å². The molecular weight excluding hydrogens is 202 g/mol. The zero-order chi connectivity index (χ0) is 12.6. The van der Waals surface area contributed by atoms with E-state index in [1.807, 2.05) is 18.7 Å². The third kappa shape index (κ3) is 6.08. The Labute approximate surface area is 99.6 Å². The Kier molecular flexibility index (Phi) is 8.21. The standard InChI is InChI=1S/C12H27N3O/c1-5-15(6-2)12(16)7-11(8-13)14-9-10(3)4/h10-11,14H,5-9,13H2,1-4H3. The van der Waals surface area contributed by atoms with E-state index in [0.29, 0.717) is 18.9 Å². The predicted molar refractivity (Wildman–Crippen MR) is 68.2 cm³/mol. The molecule has 0 spiro atoms. The van der Waals surface area contributed by atoms with E-state index in [1.165, 1.54) is 0 Å². The van der Waals surface area contributed by atoms with Crippen molar-refractivity contribution < 1.29 is 4.79 Å². The molecule has 1 unspecified atom stereocenters. The first-order valence-electron chi connectivity index (χ1n) is 6.26. The smallest absolute Gasteiger partial charge is 0.224 e. The van der Waals surface area contributed by atoms with Crippen molar-refractivity contribution in [1.29, 1.82) is 0 Å². The van der Waals surface area contributed by atoms with Crippen molar-refractivity contribution in [3.8, 4) is 0 Å². The van der Waals surface area contributed by atoms with Gasteiger partial charge in [-0.2, -0.15) is 0 Å². The highest BCUT2D eigenvalue weighted by atomic mass is 16.2. The lowest BCUT2D eigenvalue weighted by Crippen LogP contribution is -2.43. The second kappa shape index (κ2) is 8.53. The molecule has 0 fully saturated rings. The second-order valence-electron chi connectivity index (χ2n) is 4.50. The van der Waals surface area contributed by atoms with Gasteiger partial charge >= 0.3 is 0 Å². The molecular formula is C12H27N3O.